The highest BCUT2D eigenvalue weighted by Gasteiger charge is 2.29. The predicted octanol–water partition coefficient (Wildman–Crippen LogP) is 3.69. The summed E-state index contributed by atoms with van der Waals surface area (Å²) < 4.78 is 5.50. The molecule has 1 aromatic carbocycles. The Hall–Kier alpha value is -2.28. The summed E-state index contributed by atoms with van der Waals surface area (Å²) in [7, 11) is 1.65. The SMILES string of the molecule is CCCSc1ncc(C[C@@H](C(=O)Oc2ccccc2)N(C)C(=O)CCC)[nH]1. The van der Waals surface area contributed by atoms with Gasteiger partial charge in [-0.25, -0.2) is 9.78 Å². The molecule has 0 spiro atoms. The Morgan fingerprint density at radius 2 is 1.96 bits per heavy atom. The molecule has 0 radical (unpaired) electrons. The van der Waals surface area contributed by atoms with Crippen LogP contribution in [0.2, 0.25) is 0 Å². The smallest absolute Gasteiger partial charge is 0.334 e. The van der Waals surface area contributed by atoms with Gasteiger partial charge in [0, 0.05) is 37.5 Å². The average molecular weight is 390 g/mol. The Kier molecular flexibility index (Phi) is 8.39. The lowest BCUT2D eigenvalue weighted by Crippen LogP contribution is -2.45. The van der Waals surface area contributed by atoms with Crippen molar-refractivity contribution in [1.82, 2.24) is 14.9 Å². The second kappa shape index (κ2) is 10.8. The Morgan fingerprint density at radius 3 is 2.63 bits per heavy atom. The van der Waals surface area contributed by atoms with Gasteiger partial charge >= 0.3 is 5.97 Å². The van der Waals surface area contributed by atoms with Crippen LogP contribution < -0.4 is 4.74 Å². The maximum absolute atomic E-state index is 12.8. The van der Waals surface area contributed by atoms with E-state index in [9.17, 15) is 9.59 Å². The first-order valence-electron chi connectivity index (χ1n) is 9.24. The molecule has 0 saturated carbocycles. The molecule has 6 nitrogen and oxygen atoms in total. The summed E-state index contributed by atoms with van der Waals surface area (Å²) in [6.45, 7) is 4.05. The Labute approximate surface area is 164 Å². The summed E-state index contributed by atoms with van der Waals surface area (Å²) in [5, 5.41) is 0.824. The largest absolute Gasteiger partial charge is 0.425 e. The molecule has 0 bridgehead atoms. The number of carbonyl (C=O) groups excluding carboxylic acids is 2. The van der Waals surface area contributed by atoms with Gasteiger partial charge in [0.1, 0.15) is 11.8 Å². The topological polar surface area (TPSA) is 75.3 Å². The number of ether oxygens (including phenoxy) is 1. The van der Waals surface area contributed by atoms with Crippen LogP contribution in [-0.4, -0.2) is 45.6 Å². The fraction of sp³-hybridized carbons (Fsp3) is 0.450. The standard InChI is InChI=1S/C20H27N3O3S/c1-4-9-18(24)23(3)17(19(25)26-16-10-7-6-8-11-16)13-15-14-21-20(22-15)27-12-5-2/h6-8,10-11,14,17H,4-5,9,12-13H2,1-3H3,(H,21,22)/t17-/m0/s1. The number of aromatic nitrogens is 2. The van der Waals surface area contributed by atoms with E-state index in [1.165, 1.54) is 4.90 Å². The fourth-order valence-corrected chi connectivity index (χ4v) is 3.27. The highest BCUT2D eigenvalue weighted by Crippen LogP contribution is 2.18. The van der Waals surface area contributed by atoms with Gasteiger partial charge in [0.15, 0.2) is 5.16 Å². The molecular weight excluding hydrogens is 362 g/mol. The van der Waals surface area contributed by atoms with Crippen LogP contribution in [0.4, 0.5) is 0 Å². The number of amides is 1. The van der Waals surface area contributed by atoms with Crippen LogP contribution in [0.3, 0.4) is 0 Å². The van der Waals surface area contributed by atoms with E-state index < -0.39 is 12.0 Å². The van der Waals surface area contributed by atoms with Crippen LogP contribution >= 0.6 is 11.8 Å². The Bertz CT molecular complexity index is 733. The number of carbonyl (C=O) groups is 2. The van der Waals surface area contributed by atoms with Gasteiger partial charge in [-0.3, -0.25) is 4.79 Å². The number of hydrogen-bond donors (Lipinski definition) is 1. The van der Waals surface area contributed by atoms with Gasteiger partial charge in [-0.1, -0.05) is 43.8 Å². The first-order valence-corrected chi connectivity index (χ1v) is 10.2. The zero-order valence-electron chi connectivity index (χ0n) is 16.1. The van der Waals surface area contributed by atoms with E-state index >= 15 is 0 Å². The number of aromatic amines is 1. The molecule has 1 heterocycles. The fourth-order valence-electron chi connectivity index (χ4n) is 2.54. The number of nitrogens with one attached hydrogen (secondary N) is 1. The van der Waals surface area contributed by atoms with Crippen molar-refractivity contribution in [2.45, 2.75) is 50.7 Å². The predicted molar refractivity (Wildman–Crippen MR) is 107 cm³/mol. The molecular formula is C20H27N3O3S. The third kappa shape index (κ3) is 6.43. The minimum absolute atomic E-state index is 0.0763. The molecule has 2 rings (SSSR count). The lowest BCUT2D eigenvalue weighted by molar-refractivity contribution is -0.147. The zero-order valence-corrected chi connectivity index (χ0v) is 16.9. The Balaban J connectivity index is 2.14. The molecule has 0 aliphatic rings. The molecule has 0 fully saturated rings. The van der Waals surface area contributed by atoms with Crippen molar-refractivity contribution in [2.75, 3.05) is 12.8 Å². The molecule has 0 aliphatic carbocycles. The van der Waals surface area contributed by atoms with E-state index in [1.807, 2.05) is 13.0 Å². The third-order valence-electron chi connectivity index (χ3n) is 4.02. The highest BCUT2D eigenvalue weighted by molar-refractivity contribution is 7.99. The third-order valence-corrected chi connectivity index (χ3v) is 5.11. The van der Waals surface area contributed by atoms with E-state index in [4.69, 9.17) is 4.74 Å². The van der Waals surface area contributed by atoms with Crippen molar-refractivity contribution in [1.29, 1.82) is 0 Å². The molecule has 1 N–H and O–H groups in total. The molecule has 146 valence electrons. The zero-order chi connectivity index (χ0) is 19.6. The van der Waals surface area contributed by atoms with Gasteiger partial charge in [-0.15, -0.1) is 0 Å². The molecule has 1 atom stereocenters. The van der Waals surface area contributed by atoms with Crippen LogP contribution in [0, 0.1) is 0 Å². The first-order chi connectivity index (χ1) is 13.0. The number of rotatable bonds is 10. The molecule has 2 aromatic rings. The maximum Gasteiger partial charge on any atom is 0.334 e. The minimum Gasteiger partial charge on any atom is -0.425 e. The normalized spacial score (nSPS) is 11.8. The summed E-state index contributed by atoms with van der Waals surface area (Å²) in [5.74, 6) is 0.909. The number of benzene rings is 1. The summed E-state index contributed by atoms with van der Waals surface area (Å²) >= 11 is 1.64. The van der Waals surface area contributed by atoms with Gasteiger partial charge in [-0.05, 0) is 25.0 Å². The van der Waals surface area contributed by atoms with Crippen molar-refractivity contribution in [2.24, 2.45) is 0 Å². The molecule has 0 saturated heterocycles. The van der Waals surface area contributed by atoms with Gasteiger partial charge in [-0.2, -0.15) is 0 Å². The molecule has 1 amide bonds. The maximum atomic E-state index is 12.8. The van der Waals surface area contributed by atoms with E-state index in [0.29, 0.717) is 18.6 Å². The van der Waals surface area contributed by atoms with E-state index in [1.54, 1.807) is 49.3 Å². The van der Waals surface area contributed by atoms with E-state index in [2.05, 4.69) is 16.9 Å². The van der Waals surface area contributed by atoms with Crippen molar-refractivity contribution >= 4 is 23.6 Å². The second-order valence-corrected chi connectivity index (χ2v) is 7.35. The quantitative estimate of drug-likeness (QED) is 0.381. The van der Waals surface area contributed by atoms with Crippen LogP contribution in [-0.2, 0) is 16.0 Å². The molecule has 1 aromatic heterocycles. The van der Waals surface area contributed by atoms with Gasteiger partial charge in [0.05, 0.1) is 0 Å². The molecule has 0 unspecified atom stereocenters. The van der Waals surface area contributed by atoms with Crippen molar-refractivity contribution < 1.29 is 14.3 Å². The summed E-state index contributed by atoms with van der Waals surface area (Å²) in [4.78, 5) is 34.2. The van der Waals surface area contributed by atoms with Crippen LogP contribution in [0.25, 0.3) is 0 Å². The number of thioether (sulfide) groups is 1. The first kappa shape index (κ1) is 21.0. The number of esters is 1. The summed E-state index contributed by atoms with van der Waals surface area (Å²) in [6.07, 6.45) is 4.23. The van der Waals surface area contributed by atoms with Gasteiger partial charge < -0.3 is 14.6 Å². The molecule has 27 heavy (non-hydrogen) atoms. The average Bonchev–Trinajstić information content (AvgIpc) is 3.12. The number of para-hydroxylation sites is 1. The van der Waals surface area contributed by atoms with Crippen LogP contribution in [0.15, 0.2) is 41.7 Å². The number of likely N-dealkylation sites (N-methyl/N-ethyl adjacent to an activating group) is 1. The van der Waals surface area contributed by atoms with E-state index in [0.717, 1.165) is 29.4 Å². The lowest BCUT2D eigenvalue weighted by atomic mass is 10.1. The highest BCUT2D eigenvalue weighted by atomic mass is 32.2. The summed E-state index contributed by atoms with van der Waals surface area (Å²) in [5.41, 5.74) is 0.805. The number of H-pyrrole nitrogens is 1. The van der Waals surface area contributed by atoms with Crippen molar-refractivity contribution in [3.05, 3.63) is 42.2 Å². The van der Waals surface area contributed by atoms with E-state index in [-0.39, 0.29) is 5.91 Å². The number of imidazole rings is 1. The molecule has 7 heteroatoms. The van der Waals surface area contributed by atoms with Gasteiger partial charge in [0.2, 0.25) is 5.91 Å². The van der Waals surface area contributed by atoms with Crippen molar-refractivity contribution in [3.63, 3.8) is 0 Å². The number of hydrogen-bond acceptors (Lipinski definition) is 5. The monoisotopic (exact) mass is 389 g/mol. The molecule has 0 aliphatic heterocycles. The number of nitrogens with zero attached hydrogens (tertiary/aromatic N) is 2. The second-order valence-electron chi connectivity index (χ2n) is 6.27. The minimum atomic E-state index is -0.714. The van der Waals surface area contributed by atoms with Gasteiger partial charge in [0.25, 0.3) is 0 Å². The lowest BCUT2D eigenvalue weighted by Gasteiger charge is -2.26. The van der Waals surface area contributed by atoms with Crippen molar-refractivity contribution in [3.8, 4) is 5.75 Å². The van der Waals surface area contributed by atoms with Crippen LogP contribution in [0.1, 0.15) is 38.8 Å². The summed E-state index contributed by atoms with van der Waals surface area (Å²) in [6, 6.07) is 8.18. The Morgan fingerprint density at radius 1 is 1.22 bits per heavy atom. The van der Waals surface area contributed by atoms with Crippen LogP contribution in [0.5, 0.6) is 5.75 Å².